The van der Waals surface area contributed by atoms with E-state index in [1.165, 1.54) is 0 Å². The molecule has 4 heteroatoms. The Balaban J connectivity index is 2.32. The maximum atomic E-state index is 11.8. The lowest BCUT2D eigenvalue weighted by Crippen LogP contribution is -2.00. The van der Waals surface area contributed by atoms with Gasteiger partial charge in [-0.05, 0) is 25.1 Å². The molecule has 0 spiro atoms. The van der Waals surface area contributed by atoms with Gasteiger partial charge in [0.15, 0.2) is 0 Å². The predicted octanol–water partition coefficient (Wildman–Crippen LogP) is 3.88. The quantitative estimate of drug-likeness (QED) is 0.554. The van der Waals surface area contributed by atoms with Crippen molar-refractivity contribution in [2.75, 3.05) is 0 Å². The number of fused-ring (bicyclic) bond motifs is 4. The van der Waals surface area contributed by atoms with Gasteiger partial charge in [0.2, 0.25) is 0 Å². The third-order valence-corrected chi connectivity index (χ3v) is 3.80. The van der Waals surface area contributed by atoms with Crippen molar-refractivity contribution in [3.63, 3.8) is 0 Å². The minimum absolute atomic E-state index is 0.287. The second-order valence-electron chi connectivity index (χ2n) is 5.21. The van der Waals surface area contributed by atoms with Crippen LogP contribution in [0.1, 0.15) is 15.9 Å². The molecule has 4 rings (SSSR count). The summed E-state index contributed by atoms with van der Waals surface area (Å²) in [4.78, 5) is 19.6. The number of carbonyl (C=O) groups is 1. The zero-order chi connectivity index (χ0) is 14.6. The third kappa shape index (κ3) is 1.62. The molecule has 0 unspecified atom stereocenters. The van der Waals surface area contributed by atoms with Gasteiger partial charge in [-0.3, -0.25) is 0 Å². The SMILES string of the molecule is Cc1ccc2nc3c([nH]c4ccccc43)c(C(=O)O)c2c1. The summed E-state index contributed by atoms with van der Waals surface area (Å²) in [7, 11) is 0. The number of aromatic carboxylic acids is 1. The lowest BCUT2D eigenvalue weighted by Gasteiger charge is -2.05. The number of para-hydroxylation sites is 1. The van der Waals surface area contributed by atoms with E-state index in [1.807, 2.05) is 49.4 Å². The van der Waals surface area contributed by atoms with Crippen LogP contribution >= 0.6 is 0 Å². The van der Waals surface area contributed by atoms with Crippen LogP contribution in [0.5, 0.6) is 0 Å². The van der Waals surface area contributed by atoms with Gasteiger partial charge in [0.1, 0.15) is 0 Å². The second kappa shape index (κ2) is 4.06. The molecule has 0 bridgehead atoms. The van der Waals surface area contributed by atoms with Crippen molar-refractivity contribution in [2.45, 2.75) is 6.92 Å². The van der Waals surface area contributed by atoms with E-state index >= 15 is 0 Å². The van der Waals surface area contributed by atoms with E-state index in [0.29, 0.717) is 21.9 Å². The van der Waals surface area contributed by atoms with Crippen LogP contribution < -0.4 is 0 Å². The van der Waals surface area contributed by atoms with E-state index in [1.54, 1.807) is 0 Å². The molecule has 2 N–H and O–H groups in total. The van der Waals surface area contributed by atoms with Gasteiger partial charge in [-0.15, -0.1) is 0 Å². The maximum absolute atomic E-state index is 11.8. The minimum atomic E-state index is -0.940. The lowest BCUT2D eigenvalue weighted by molar-refractivity contribution is 0.0701. The number of pyridine rings is 1. The Morgan fingerprint density at radius 2 is 1.95 bits per heavy atom. The fourth-order valence-electron chi connectivity index (χ4n) is 2.85. The number of hydrogen-bond acceptors (Lipinski definition) is 2. The molecule has 2 aromatic carbocycles. The molecule has 0 amide bonds. The monoisotopic (exact) mass is 276 g/mol. The zero-order valence-corrected chi connectivity index (χ0v) is 11.3. The van der Waals surface area contributed by atoms with Crippen LogP contribution in [-0.2, 0) is 0 Å². The number of nitrogens with one attached hydrogen (secondary N) is 1. The number of benzene rings is 2. The van der Waals surface area contributed by atoms with E-state index in [-0.39, 0.29) is 5.56 Å². The molecule has 0 aliphatic rings. The first-order valence-electron chi connectivity index (χ1n) is 6.69. The molecule has 0 fully saturated rings. The first-order chi connectivity index (χ1) is 10.1. The van der Waals surface area contributed by atoms with Crippen LogP contribution in [0, 0.1) is 6.92 Å². The average molecular weight is 276 g/mol. The van der Waals surface area contributed by atoms with Crippen LogP contribution in [-0.4, -0.2) is 21.0 Å². The lowest BCUT2D eigenvalue weighted by atomic mass is 10.0. The van der Waals surface area contributed by atoms with Crippen LogP contribution in [0.25, 0.3) is 32.8 Å². The fraction of sp³-hybridized carbons (Fsp3) is 0.0588. The fourth-order valence-corrected chi connectivity index (χ4v) is 2.85. The summed E-state index contributed by atoms with van der Waals surface area (Å²) in [5.41, 5.74) is 4.20. The summed E-state index contributed by atoms with van der Waals surface area (Å²) in [5.74, 6) is -0.940. The molecule has 0 saturated heterocycles. The first kappa shape index (κ1) is 11.9. The van der Waals surface area contributed by atoms with E-state index in [9.17, 15) is 9.90 Å². The van der Waals surface area contributed by atoms with Crippen LogP contribution in [0.2, 0.25) is 0 Å². The molecular weight excluding hydrogens is 264 g/mol. The minimum Gasteiger partial charge on any atom is -0.478 e. The van der Waals surface area contributed by atoms with Gasteiger partial charge < -0.3 is 10.1 Å². The van der Waals surface area contributed by atoms with Gasteiger partial charge in [0, 0.05) is 16.3 Å². The van der Waals surface area contributed by atoms with Gasteiger partial charge in [-0.2, -0.15) is 0 Å². The second-order valence-corrected chi connectivity index (χ2v) is 5.21. The van der Waals surface area contributed by atoms with Gasteiger partial charge in [-0.25, -0.2) is 9.78 Å². The number of rotatable bonds is 1. The van der Waals surface area contributed by atoms with Crippen molar-refractivity contribution < 1.29 is 9.90 Å². The summed E-state index contributed by atoms with van der Waals surface area (Å²) in [6.45, 7) is 1.94. The molecule has 102 valence electrons. The number of carboxylic acid groups (broad SMARTS) is 1. The highest BCUT2D eigenvalue weighted by Gasteiger charge is 2.18. The number of aromatic amines is 1. The van der Waals surface area contributed by atoms with Crippen LogP contribution in [0.4, 0.5) is 0 Å². The average Bonchev–Trinajstić information content (AvgIpc) is 2.82. The van der Waals surface area contributed by atoms with E-state index < -0.39 is 5.97 Å². The topological polar surface area (TPSA) is 66.0 Å². The van der Waals surface area contributed by atoms with Crippen molar-refractivity contribution in [1.29, 1.82) is 0 Å². The van der Waals surface area contributed by atoms with Crippen molar-refractivity contribution in [2.24, 2.45) is 0 Å². The smallest absolute Gasteiger partial charge is 0.338 e. The highest BCUT2D eigenvalue weighted by Crippen LogP contribution is 2.31. The molecule has 4 nitrogen and oxygen atoms in total. The van der Waals surface area contributed by atoms with Crippen molar-refractivity contribution in [3.05, 3.63) is 53.6 Å². The third-order valence-electron chi connectivity index (χ3n) is 3.80. The molecule has 0 aliphatic heterocycles. The molecule has 0 saturated carbocycles. The molecule has 0 radical (unpaired) electrons. The first-order valence-corrected chi connectivity index (χ1v) is 6.69. The predicted molar refractivity (Wildman–Crippen MR) is 82.8 cm³/mol. The summed E-state index contributed by atoms with van der Waals surface area (Å²) in [5, 5.41) is 11.3. The van der Waals surface area contributed by atoms with Crippen LogP contribution in [0.15, 0.2) is 42.5 Å². The van der Waals surface area contributed by atoms with Crippen molar-refractivity contribution >= 4 is 38.8 Å². The number of nitrogens with zero attached hydrogens (tertiary/aromatic N) is 1. The summed E-state index contributed by atoms with van der Waals surface area (Å²) >= 11 is 0. The summed E-state index contributed by atoms with van der Waals surface area (Å²) in [6.07, 6.45) is 0. The van der Waals surface area contributed by atoms with E-state index in [4.69, 9.17) is 0 Å². The standard InChI is InChI=1S/C17H12N2O2/c1-9-6-7-13-11(8-9)14(17(20)21)16-15(18-13)10-4-2-3-5-12(10)19-16/h2-8,19H,1H3,(H,20,21). The van der Waals surface area contributed by atoms with E-state index in [2.05, 4.69) is 9.97 Å². The molecule has 21 heavy (non-hydrogen) atoms. The Labute approximate surface area is 120 Å². The molecular formula is C17H12N2O2. The number of H-pyrrole nitrogens is 1. The van der Waals surface area contributed by atoms with Crippen molar-refractivity contribution in [1.82, 2.24) is 9.97 Å². The van der Waals surface area contributed by atoms with Gasteiger partial charge >= 0.3 is 5.97 Å². The number of hydrogen-bond donors (Lipinski definition) is 2. The zero-order valence-electron chi connectivity index (χ0n) is 11.3. The number of aryl methyl sites for hydroxylation is 1. The van der Waals surface area contributed by atoms with Gasteiger partial charge in [0.25, 0.3) is 0 Å². The Morgan fingerprint density at radius 3 is 2.76 bits per heavy atom. The Morgan fingerprint density at radius 1 is 1.14 bits per heavy atom. The molecule has 2 heterocycles. The Kier molecular flexibility index (Phi) is 2.30. The largest absolute Gasteiger partial charge is 0.478 e. The molecule has 0 atom stereocenters. The Hall–Kier alpha value is -2.88. The van der Waals surface area contributed by atoms with Gasteiger partial charge in [-0.1, -0.05) is 29.8 Å². The molecule has 0 aliphatic carbocycles. The Bertz CT molecular complexity index is 1030. The van der Waals surface area contributed by atoms with Gasteiger partial charge in [0.05, 0.1) is 22.1 Å². The van der Waals surface area contributed by atoms with Crippen LogP contribution in [0.3, 0.4) is 0 Å². The van der Waals surface area contributed by atoms with Crippen molar-refractivity contribution in [3.8, 4) is 0 Å². The highest BCUT2D eigenvalue weighted by molar-refractivity contribution is 6.18. The number of aromatic nitrogens is 2. The maximum Gasteiger partial charge on any atom is 0.338 e. The summed E-state index contributed by atoms with van der Waals surface area (Å²) in [6, 6.07) is 13.4. The summed E-state index contributed by atoms with van der Waals surface area (Å²) < 4.78 is 0. The molecule has 2 aromatic heterocycles. The molecule has 4 aromatic rings. The normalized spacial score (nSPS) is 11.5. The number of carboxylic acids is 1. The van der Waals surface area contributed by atoms with E-state index in [0.717, 1.165) is 16.5 Å². The highest BCUT2D eigenvalue weighted by atomic mass is 16.4.